The maximum atomic E-state index is 12.2. The highest BCUT2D eigenvalue weighted by molar-refractivity contribution is 6.15. The zero-order chi connectivity index (χ0) is 6.15. The quantitative estimate of drug-likeness (QED) is 0.375. The van der Waals surface area contributed by atoms with Crippen molar-refractivity contribution in [3.8, 4) is 0 Å². The highest BCUT2D eigenvalue weighted by Crippen LogP contribution is 2.10. The summed E-state index contributed by atoms with van der Waals surface area (Å²) in [5.41, 5.74) is 0. The molecule has 8 heavy (non-hydrogen) atoms. The first-order valence-electron chi connectivity index (χ1n) is 2.61. The van der Waals surface area contributed by atoms with E-state index >= 15 is 0 Å². The zero-order valence-electron chi connectivity index (χ0n) is 4.72. The van der Waals surface area contributed by atoms with Gasteiger partial charge >= 0.3 is 0 Å². The SMILES string of the molecule is BN1CCC(F)C1=O. The summed E-state index contributed by atoms with van der Waals surface area (Å²) in [6.07, 6.45) is -0.852. The Morgan fingerprint density at radius 2 is 2.50 bits per heavy atom. The van der Waals surface area contributed by atoms with E-state index < -0.39 is 6.17 Å². The summed E-state index contributed by atoms with van der Waals surface area (Å²) in [5, 5.41) is 0. The van der Waals surface area contributed by atoms with Crippen molar-refractivity contribution < 1.29 is 9.18 Å². The topological polar surface area (TPSA) is 20.3 Å². The molecule has 1 fully saturated rings. The smallest absolute Gasteiger partial charge is 0.244 e. The van der Waals surface area contributed by atoms with Gasteiger partial charge in [0.25, 0.3) is 0 Å². The molecule has 1 unspecified atom stereocenters. The van der Waals surface area contributed by atoms with Crippen molar-refractivity contribution in [1.29, 1.82) is 0 Å². The van der Waals surface area contributed by atoms with Crippen LogP contribution in [0.25, 0.3) is 0 Å². The van der Waals surface area contributed by atoms with Crippen LogP contribution in [-0.2, 0) is 4.79 Å². The summed E-state index contributed by atoms with van der Waals surface area (Å²) in [5.74, 6) is -0.370. The Labute approximate surface area is 48.1 Å². The number of alkyl halides is 1. The molecular weight excluding hydrogens is 108 g/mol. The van der Waals surface area contributed by atoms with E-state index in [0.717, 1.165) is 0 Å². The molecule has 0 saturated carbocycles. The van der Waals surface area contributed by atoms with Gasteiger partial charge in [0.1, 0.15) is 0 Å². The molecule has 0 aromatic heterocycles. The van der Waals surface area contributed by atoms with Gasteiger partial charge in [0.05, 0.1) is 0 Å². The molecule has 0 aliphatic carbocycles. The summed E-state index contributed by atoms with van der Waals surface area (Å²) in [4.78, 5) is 11.9. The molecule has 1 amide bonds. The second-order valence-electron chi connectivity index (χ2n) is 2.02. The minimum Gasteiger partial charge on any atom is -0.391 e. The number of hydrogen-bond donors (Lipinski definition) is 0. The predicted molar refractivity (Wildman–Crippen MR) is 29.8 cm³/mol. The van der Waals surface area contributed by atoms with E-state index in [2.05, 4.69) is 0 Å². The average molecular weight is 115 g/mol. The third-order valence-electron chi connectivity index (χ3n) is 1.36. The molecule has 1 saturated heterocycles. The van der Waals surface area contributed by atoms with E-state index in [1.54, 1.807) is 7.98 Å². The highest BCUT2D eigenvalue weighted by Gasteiger charge is 2.27. The number of rotatable bonds is 0. The van der Waals surface area contributed by atoms with Crippen LogP contribution in [0.2, 0.25) is 0 Å². The first kappa shape index (κ1) is 5.60. The molecule has 4 heteroatoms. The van der Waals surface area contributed by atoms with Crippen molar-refractivity contribution >= 4 is 13.9 Å². The Kier molecular flexibility index (Phi) is 1.23. The van der Waals surface area contributed by atoms with Crippen LogP contribution in [0.5, 0.6) is 0 Å². The lowest BCUT2D eigenvalue weighted by Crippen LogP contribution is -2.24. The fourth-order valence-electron chi connectivity index (χ4n) is 0.780. The summed E-state index contributed by atoms with van der Waals surface area (Å²) < 4.78 is 12.2. The molecule has 0 N–H and O–H groups in total. The molecule has 1 aliphatic rings. The lowest BCUT2D eigenvalue weighted by atomic mass is 10.3. The van der Waals surface area contributed by atoms with Gasteiger partial charge < -0.3 is 4.81 Å². The highest BCUT2D eigenvalue weighted by atomic mass is 19.1. The van der Waals surface area contributed by atoms with Crippen LogP contribution >= 0.6 is 0 Å². The van der Waals surface area contributed by atoms with E-state index in [1.807, 2.05) is 0 Å². The van der Waals surface area contributed by atoms with Gasteiger partial charge in [-0.05, 0) is 0 Å². The van der Waals surface area contributed by atoms with Crippen molar-refractivity contribution in [3.05, 3.63) is 0 Å². The molecule has 0 radical (unpaired) electrons. The lowest BCUT2D eigenvalue weighted by molar-refractivity contribution is -0.127. The van der Waals surface area contributed by atoms with Gasteiger partial charge in [0.15, 0.2) is 6.17 Å². The van der Waals surface area contributed by atoms with Crippen LogP contribution in [-0.4, -0.2) is 31.4 Å². The molecule has 0 aromatic carbocycles. The molecule has 0 aromatic rings. The number of nitrogens with zero attached hydrogens (tertiary/aromatic N) is 1. The summed E-state index contributed by atoms with van der Waals surface area (Å²) >= 11 is 0. The number of carbonyl (C=O) groups excluding carboxylic acids is 1. The van der Waals surface area contributed by atoms with Crippen LogP contribution in [0.1, 0.15) is 6.42 Å². The van der Waals surface area contributed by atoms with Crippen molar-refractivity contribution in [2.45, 2.75) is 12.6 Å². The largest absolute Gasteiger partial charge is 0.391 e. The molecule has 2 nitrogen and oxygen atoms in total. The van der Waals surface area contributed by atoms with Gasteiger partial charge in [-0.15, -0.1) is 0 Å². The van der Waals surface area contributed by atoms with Gasteiger partial charge in [0.2, 0.25) is 13.9 Å². The van der Waals surface area contributed by atoms with Crippen LogP contribution in [0.15, 0.2) is 0 Å². The number of carbonyl (C=O) groups is 1. The zero-order valence-corrected chi connectivity index (χ0v) is 4.72. The minimum atomic E-state index is -1.22. The third-order valence-corrected chi connectivity index (χ3v) is 1.36. The van der Waals surface area contributed by atoms with Crippen LogP contribution in [0, 0.1) is 0 Å². The summed E-state index contributed by atoms with van der Waals surface area (Å²) in [6.45, 7) is 0.569. The molecule has 1 atom stereocenters. The van der Waals surface area contributed by atoms with E-state index in [1.165, 1.54) is 4.81 Å². The number of hydrogen-bond acceptors (Lipinski definition) is 1. The molecule has 44 valence electrons. The maximum Gasteiger partial charge on any atom is 0.244 e. The molecule has 0 spiro atoms. The van der Waals surface area contributed by atoms with Crippen molar-refractivity contribution in [2.24, 2.45) is 0 Å². The summed E-state index contributed by atoms with van der Waals surface area (Å²) in [6, 6.07) is 0. The van der Waals surface area contributed by atoms with E-state index in [0.29, 0.717) is 13.0 Å². The Balaban J connectivity index is 2.57. The second kappa shape index (κ2) is 1.76. The van der Waals surface area contributed by atoms with E-state index in [9.17, 15) is 9.18 Å². The number of halogens is 1. The first-order chi connectivity index (χ1) is 3.72. The lowest BCUT2D eigenvalue weighted by Gasteiger charge is -2.04. The monoisotopic (exact) mass is 115 g/mol. The van der Waals surface area contributed by atoms with Gasteiger partial charge in [-0.3, -0.25) is 4.79 Å². The standard InChI is InChI=1S/C4H7BFNO/c5-7-2-1-3(6)4(7)8/h3H,1-2,5H2. The van der Waals surface area contributed by atoms with Gasteiger partial charge in [0, 0.05) is 13.0 Å². The fourth-order valence-corrected chi connectivity index (χ4v) is 0.780. The average Bonchev–Trinajstić information content (AvgIpc) is 1.98. The Bertz CT molecular complexity index is 107. The Morgan fingerprint density at radius 3 is 2.62 bits per heavy atom. The molecule has 1 aliphatic heterocycles. The maximum absolute atomic E-state index is 12.2. The predicted octanol–water partition coefficient (Wildman–Crippen LogP) is -0.895. The van der Waals surface area contributed by atoms with Crippen molar-refractivity contribution in [3.63, 3.8) is 0 Å². The second-order valence-corrected chi connectivity index (χ2v) is 2.02. The Morgan fingerprint density at radius 1 is 1.88 bits per heavy atom. The van der Waals surface area contributed by atoms with Crippen LogP contribution in [0.3, 0.4) is 0 Å². The normalized spacial score (nSPS) is 29.4. The van der Waals surface area contributed by atoms with Crippen molar-refractivity contribution in [1.82, 2.24) is 4.81 Å². The summed E-state index contributed by atoms with van der Waals surface area (Å²) in [7, 11) is 1.61. The van der Waals surface area contributed by atoms with E-state index in [-0.39, 0.29) is 5.91 Å². The number of amides is 1. The van der Waals surface area contributed by atoms with Gasteiger partial charge in [-0.2, -0.15) is 0 Å². The fraction of sp³-hybridized carbons (Fsp3) is 0.750. The molecule has 0 bridgehead atoms. The first-order valence-corrected chi connectivity index (χ1v) is 2.61. The minimum absolute atomic E-state index is 0.370. The molecular formula is C4H7BFNO. The van der Waals surface area contributed by atoms with Gasteiger partial charge in [-0.1, -0.05) is 0 Å². The Hall–Kier alpha value is -0.535. The molecule has 1 heterocycles. The van der Waals surface area contributed by atoms with Crippen molar-refractivity contribution in [2.75, 3.05) is 6.54 Å². The molecule has 1 rings (SSSR count). The third kappa shape index (κ3) is 0.701. The van der Waals surface area contributed by atoms with Crippen LogP contribution < -0.4 is 0 Å². The van der Waals surface area contributed by atoms with E-state index in [4.69, 9.17) is 0 Å². The van der Waals surface area contributed by atoms with Crippen LogP contribution in [0.4, 0.5) is 4.39 Å². The van der Waals surface area contributed by atoms with Gasteiger partial charge in [-0.25, -0.2) is 4.39 Å².